The van der Waals surface area contributed by atoms with Crippen LogP contribution in [0, 0.1) is 13.8 Å². The summed E-state index contributed by atoms with van der Waals surface area (Å²) in [7, 11) is 0. The van der Waals surface area contributed by atoms with Crippen LogP contribution in [0.1, 0.15) is 11.1 Å². The first-order valence-electron chi connectivity index (χ1n) is 4.22. The molecule has 1 rings (SSSR count). The zero-order valence-corrected chi connectivity index (χ0v) is 10.6. The summed E-state index contributed by atoms with van der Waals surface area (Å²) in [5.74, 6) is 0.0979. The molecule has 0 spiro atoms. The van der Waals surface area contributed by atoms with Crippen LogP contribution in [0.3, 0.4) is 0 Å². The molecule has 0 aliphatic carbocycles. The van der Waals surface area contributed by atoms with E-state index in [1.54, 1.807) is 0 Å². The number of halogens is 1. The normalized spacial score (nSPS) is 10.0. The van der Waals surface area contributed by atoms with Gasteiger partial charge in [0.1, 0.15) is 0 Å². The van der Waals surface area contributed by atoms with Crippen LogP contribution in [0.5, 0.6) is 0 Å². The lowest BCUT2D eigenvalue weighted by Crippen LogP contribution is -2.14. The summed E-state index contributed by atoms with van der Waals surface area (Å²) in [6.07, 6.45) is 0. The number of hydrogen-bond acceptors (Lipinski definition) is 2. The number of hydrogen-bond donors (Lipinski definition) is 2. The summed E-state index contributed by atoms with van der Waals surface area (Å²) in [6, 6.07) is 4.00. The van der Waals surface area contributed by atoms with Crippen LogP contribution in [0.2, 0.25) is 0 Å². The maximum absolute atomic E-state index is 11.2. The number of anilines is 1. The van der Waals surface area contributed by atoms with E-state index in [0.717, 1.165) is 15.7 Å². The Labute approximate surface area is 97.6 Å². The predicted molar refractivity (Wildman–Crippen MR) is 66.1 cm³/mol. The average Bonchev–Trinajstić information content (AvgIpc) is 2.10. The van der Waals surface area contributed by atoms with Crippen LogP contribution >= 0.6 is 28.6 Å². The Morgan fingerprint density at radius 2 is 2.14 bits per heavy atom. The Hall–Kier alpha value is -0.480. The molecule has 0 saturated carbocycles. The van der Waals surface area contributed by atoms with Crippen molar-refractivity contribution in [3.05, 3.63) is 27.7 Å². The second-order valence-electron chi connectivity index (χ2n) is 3.14. The van der Waals surface area contributed by atoms with Crippen molar-refractivity contribution in [1.29, 1.82) is 0 Å². The largest absolute Gasteiger partial charge is 0.324 e. The Kier molecular flexibility index (Phi) is 4.01. The van der Waals surface area contributed by atoms with E-state index in [2.05, 4.69) is 33.9 Å². The topological polar surface area (TPSA) is 29.1 Å². The molecular formula is C10H12BrNOS. The van der Waals surface area contributed by atoms with Gasteiger partial charge in [-0.3, -0.25) is 4.79 Å². The minimum Gasteiger partial charge on any atom is -0.324 e. The molecule has 0 aromatic heterocycles. The van der Waals surface area contributed by atoms with Gasteiger partial charge in [-0.1, -0.05) is 6.07 Å². The van der Waals surface area contributed by atoms with Crippen LogP contribution in [0.25, 0.3) is 0 Å². The average molecular weight is 274 g/mol. The van der Waals surface area contributed by atoms with Gasteiger partial charge in [-0.2, -0.15) is 12.6 Å². The quantitative estimate of drug-likeness (QED) is 0.798. The van der Waals surface area contributed by atoms with E-state index in [1.165, 1.54) is 5.56 Å². The third-order valence-corrected chi connectivity index (χ3v) is 2.75. The number of carbonyl (C=O) groups is 1. The van der Waals surface area contributed by atoms with Crippen LogP contribution in [-0.4, -0.2) is 11.7 Å². The maximum atomic E-state index is 11.2. The molecule has 1 aromatic carbocycles. The molecule has 0 aliphatic heterocycles. The number of carbonyl (C=O) groups excluding carboxylic acids is 1. The van der Waals surface area contributed by atoms with E-state index in [0.29, 0.717) is 0 Å². The second kappa shape index (κ2) is 4.84. The van der Waals surface area contributed by atoms with Gasteiger partial charge in [-0.25, -0.2) is 0 Å². The van der Waals surface area contributed by atoms with Gasteiger partial charge >= 0.3 is 0 Å². The van der Waals surface area contributed by atoms with Crippen molar-refractivity contribution in [1.82, 2.24) is 0 Å². The third-order valence-electron chi connectivity index (χ3n) is 1.84. The van der Waals surface area contributed by atoms with Gasteiger partial charge in [0.05, 0.1) is 11.4 Å². The van der Waals surface area contributed by atoms with Crippen molar-refractivity contribution < 1.29 is 4.79 Å². The fraction of sp³-hybridized carbons (Fsp3) is 0.300. The lowest BCUT2D eigenvalue weighted by atomic mass is 10.1. The molecule has 0 bridgehead atoms. The molecule has 0 saturated heterocycles. The lowest BCUT2D eigenvalue weighted by Gasteiger charge is -2.10. The molecular weight excluding hydrogens is 262 g/mol. The summed E-state index contributed by atoms with van der Waals surface area (Å²) in [5.41, 5.74) is 3.04. The van der Waals surface area contributed by atoms with E-state index in [4.69, 9.17) is 0 Å². The molecule has 1 N–H and O–H groups in total. The number of nitrogens with one attached hydrogen (secondary N) is 1. The Morgan fingerprint density at radius 1 is 1.50 bits per heavy atom. The Balaban J connectivity index is 3.02. The van der Waals surface area contributed by atoms with Gasteiger partial charge in [-0.15, -0.1) is 0 Å². The molecule has 0 heterocycles. The SMILES string of the molecule is Cc1cc(C)c(NC(=O)CS)c(Br)c1. The first-order valence-corrected chi connectivity index (χ1v) is 5.64. The van der Waals surface area contributed by atoms with Gasteiger partial charge in [0, 0.05) is 4.47 Å². The minimum absolute atomic E-state index is 0.0963. The van der Waals surface area contributed by atoms with E-state index in [1.807, 2.05) is 26.0 Å². The highest BCUT2D eigenvalue weighted by Gasteiger charge is 2.07. The molecule has 0 radical (unpaired) electrons. The molecule has 1 aromatic rings. The highest BCUT2D eigenvalue weighted by atomic mass is 79.9. The van der Waals surface area contributed by atoms with Crippen molar-refractivity contribution in [3.8, 4) is 0 Å². The fourth-order valence-corrected chi connectivity index (χ4v) is 2.10. The lowest BCUT2D eigenvalue weighted by molar-refractivity contribution is -0.113. The van der Waals surface area contributed by atoms with E-state index in [-0.39, 0.29) is 11.7 Å². The molecule has 0 fully saturated rings. The monoisotopic (exact) mass is 273 g/mol. The first-order chi connectivity index (χ1) is 6.54. The minimum atomic E-state index is -0.0963. The number of thiol groups is 1. The first kappa shape index (κ1) is 11.6. The molecule has 76 valence electrons. The van der Waals surface area contributed by atoms with Crippen molar-refractivity contribution in [2.45, 2.75) is 13.8 Å². The number of aryl methyl sites for hydroxylation is 2. The van der Waals surface area contributed by atoms with Crippen LogP contribution in [0.4, 0.5) is 5.69 Å². The molecule has 2 nitrogen and oxygen atoms in total. The Morgan fingerprint density at radius 3 is 2.64 bits per heavy atom. The van der Waals surface area contributed by atoms with Gasteiger partial charge < -0.3 is 5.32 Å². The third kappa shape index (κ3) is 2.75. The van der Waals surface area contributed by atoms with Crippen LogP contribution in [0.15, 0.2) is 16.6 Å². The summed E-state index contributed by atoms with van der Waals surface area (Å²) < 4.78 is 0.908. The van der Waals surface area contributed by atoms with Gasteiger partial charge in [0.2, 0.25) is 5.91 Å². The molecule has 0 atom stereocenters. The van der Waals surface area contributed by atoms with E-state index < -0.39 is 0 Å². The second-order valence-corrected chi connectivity index (χ2v) is 4.32. The van der Waals surface area contributed by atoms with Crippen LogP contribution < -0.4 is 5.32 Å². The van der Waals surface area contributed by atoms with Gasteiger partial charge in [0.25, 0.3) is 0 Å². The van der Waals surface area contributed by atoms with Crippen molar-refractivity contribution in [2.75, 3.05) is 11.1 Å². The van der Waals surface area contributed by atoms with E-state index in [9.17, 15) is 4.79 Å². The summed E-state index contributed by atoms with van der Waals surface area (Å²) >= 11 is 7.32. The predicted octanol–water partition coefficient (Wildman–Crippen LogP) is 2.93. The van der Waals surface area contributed by atoms with Crippen molar-refractivity contribution in [2.24, 2.45) is 0 Å². The summed E-state index contributed by atoms with van der Waals surface area (Å²) in [6.45, 7) is 3.98. The standard InChI is InChI=1S/C10H12BrNOS/c1-6-3-7(2)10(8(11)4-6)12-9(13)5-14/h3-4,14H,5H2,1-2H3,(H,12,13). The molecule has 0 unspecified atom stereocenters. The highest BCUT2D eigenvalue weighted by Crippen LogP contribution is 2.27. The van der Waals surface area contributed by atoms with Gasteiger partial charge in [-0.05, 0) is 47.0 Å². The smallest absolute Gasteiger partial charge is 0.234 e. The number of rotatable bonds is 2. The fourth-order valence-electron chi connectivity index (χ4n) is 1.25. The Bertz CT molecular complexity index is 342. The number of benzene rings is 1. The zero-order valence-electron chi connectivity index (χ0n) is 8.10. The van der Waals surface area contributed by atoms with Crippen LogP contribution in [-0.2, 0) is 4.79 Å². The maximum Gasteiger partial charge on any atom is 0.234 e. The molecule has 4 heteroatoms. The zero-order chi connectivity index (χ0) is 10.7. The molecule has 1 amide bonds. The number of amides is 1. The van der Waals surface area contributed by atoms with Gasteiger partial charge in [0.15, 0.2) is 0 Å². The van der Waals surface area contributed by atoms with Crippen molar-refractivity contribution >= 4 is 40.2 Å². The van der Waals surface area contributed by atoms with Crippen molar-refractivity contribution in [3.63, 3.8) is 0 Å². The van der Waals surface area contributed by atoms with E-state index >= 15 is 0 Å². The molecule has 0 aliphatic rings. The summed E-state index contributed by atoms with van der Waals surface area (Å²) in [4.78, 5) is 11.2. The highest BCUT2D eigenvalue weighted by molar-refractivity contribution is 9.10. The summed E-state index contributed by atoms with van der Waals surface area (Å²) in [5, 5.41) is 2.79. The molecule has 14 heavy (non-hydrogen) atoms.